The standard InChI is InChI=1S/C24H22N6O2/c1-16-22(27-28-30(16)20-10-4-8-18-9-5-12-25-23(18)20)24(32)26-14-21(31)29-13-11-17-6-2-3-7-19(17)15-29/h2-10,12H,11,13-15H2,1H3,(H,26,32). The van der Waals surface area contributed by atoms with Crippen LogP contribution in [0.15, 0.2) is 60.8 Å². The molecule has 0 bridgehead atoms. The normalized spacial score (nSPS) is 13.1. The largest absolute Gasteiger partial charge is 0.342 e. The number of aromatic nitrogens is 4. The van der Waals surface area contributed by atoms with E-state index < -0.39 is 5.91 Å². The van der Waals surface area contributed by atoms with Gasteiger partial charge in [0.15, 0.2) is 5.69 Å². The van der Waals surface area contributed by atoms with Crippen molar-refractivity contribution >= 4 is 22.7 Å². The van der Waals surface area contributed by atoms with Crippen molar-refractivity contribution < 1.29 is 9.59 Å². The van der Waals surface area contributed by atoms with Gasteiger partial charge in [-0.2, -0.15) is 0 Å². The van der Waals surface area contributed by atoms with Gasteiger partial charge in [-0.05, 0) is 36.6 Å². The highest BCUT2D eigenvalue weighted by molar-refractivity contribution is 5.96. The SMILES string of the molecule is Cc1c(C(=O)NCC(=O)N2CCc3ccccc3C2)nnn1-c1cccc2cccnc12. The zero-order valence-corrected chi connectivity index (χ0v) is 17.7. The molecule has 0 aliphatic carbocycles. The van der Waals surface area contributed by atoms with Crippen molar-refractivity contribution in [2.24, 2.45) is 0 Å². The fraction of sp³-hybridized carbons (Fsp3) is 0.208. The summed E-state index contributed by atoms with van der Waals surface area (Å²) in [6.07, 6.45) is 2.54. The van der Waals surface area contributed by atoms with Gasteiger partial charge in [0.05, 0.1) is 23.4 Å². The average Bonchev–Trinajstić information content (AvgIpc) is 3.22. The summed E-state index contributed by atoms with van der Waals surface area (Å²) in [6.45, 7) is 2.91. The van der Waals surface area contributed by atoms with E-state index in [-0.39, 0.29) is 18.1 Å². The zero-order valence-electron chi connectivity index (χ0n) is 17.7. The first-order chi connectivity index (χ1) is 15.6. The summed E-state index contributed by atoms with van der Waals surface area (Å²) in [5.41, 5.74) is 4.72. The third kappa shape index (κ3) is 3.60. The maximum atomic E-state index is 12.7. The molecule has 8 heteroatoms. The van der Waals surface area contributed by atoms with Crippen molar-refractivity contribution in [2.75, 3.05) is 13.1 Å². The van der Waals surface area contributed by atoms with E-state index in [9.17, 15) is 9.59 Å². The Balaban J connectivity index is 1.29. The van der Waals surface area contributed by atoms with E-state index in [1.165, 1.54) is 5.56 Å². The third-order valence-electron chi connectivity index (χ3n) is 5.83. The van der Waals surface area contributed by atoms with Crippen LogP contribution in [0, 0.1) is 6.92 Å². The second-order valence-electron chi connectivity index (χ2n) is 7.80. The summed E-state index contributed by atoms with van der Waals surface area (Å²) in [5.74, 6) is -0.538. The van der Waals surface area contributed by atoms with E-state index in [1.54, 1.807) is 22.7 Å². The topological polar surface area (TPSA) is 93.0 Å². The van der Waals surface area contributed by atoms with Crippen LogP contribution in [0.2, 0.25) is 0 Å². The molecule has 2 amide bonds. The van der Waals surface area contributed by atoms with Crippen LogP contribution in [-0.2, 0) is 17.8 Å². The molecular weight excluding hydrogens is 404 g/mol. The monoisotopic (exact) mass is 426 g/mol. The van der Waals surface area contributed by atoms with E-state index in [0.29, 0.717) is 18.8 Å². The molecule has 1 aliphatic rings. The Labute approximate surface area is 184 Å². The van der Waals surface area contributed by atoms with Crippen molar-refractivity contribution in [1.82, 2.24) is 30.2 Å². The van der Waals surface area contributed by atoms with Crippen LogP contribution in [0.25, 0.3) is 16.6 Å². The van der Waals surface area contributed by atoms with Crippen molar-refractivity contribution in [2.45, 2.75) is 19.9 Å². The van der Waals surface area contributed by atoms with Crippen LogP contribution in [0.5, 0.6) is 0 Å². The predicted octanol–water partition coefficient (Wildman–Crippen LogP) is 2.44. The lowest BCUT2D eigenvalue weighted by atomic mass is 10.00. The predicted molar refractivity (Wildman–Crippen MR) is 119 cm³/mol. The summed E-state index contributed by atoms with van der Waals surface area (Å²) >= 11 is 0. The van der Waals surface area contributed by atoms with E-state index in [0.717, 1.165) is 28.6 Å². The van der Waals surface area contributed by atoms with Gasteiger partial charge in [-0.25, -0.2) is 4.68 Å². The summed E-state index contributed by atoms with van der Waals surface area (Å²) in [4.78, 5) is 31.6. The quantitative estimate of drug-likeness (QED) is 0.541. The average molecular weight is 426 g/mol. The van der Waals surface area contributed by atoms with E-state index in [1.807, 2.05) is 48.5 Å². The Kier molecular flexibility index (Phi) is 5.10. The number of carbonyl (C=O) groups is 2. The number of pyridine rings is 1. The molecule has 0 spiro atoms. The molecule has 0 atom stereocenters. The van der Waals surface area contributed by atoms with Crippen LogP contribution >= 0.6 is 0 Å². The number of fused-ring (bicyclic) bond motifs is 2. The Morgan fingerprint density at radius 3 is 2.72 bits per heavy atom. The molecule has 0 radical (unpaired) electrons. The number of nitrogens with one attached hydrogen (secondary N) is 1. The highest BCUT2D eigenvalue weighted by Gasteiger charge is 2.23. The smallest absolute Gasteiger partial charge is 0.274 e. The minimum atomic E-state index is -0.423. The minimum absolute atomic E-state index is 0.0802. The van der Waals surface area contributed by atoms with Gasteiger partial charge in [0, 0.05) is 24.7 Å². The number of nitrogens with zero attached hydrogens (tertiary/aromatic N) is 5. The molecule has 3 heterocycles. The molecule has 0 saturated heterocycles. The number of rotatable bonds is 4. The van der Waals surface area contributed by atoms with E-state index in [2.05, 4.69) is 26.7 Å². The molecule has 0 fully saturated rings. The van der Waals surface area contributed by atoms with Gasteiger partial charge in [-0.3, -0.25) is 14.6 Å². The van der Waals surface area contributed by atoms with Crippen LogP contribution in [0.4, 0.5) is 0 Å². The van der Waals surface area contributed by atoms with Crippen molar-refractivity contribution in [3.63, 3.8) is 0 Å². The Hall–Kier alpha value is -4.07. The summed E-state index contributed by atoms with van der Waals surface area (Å²) in [7, 11) is 0. The molecule has 4 aromatic rings. The first kappa shape index (κ1) is 19.9. The molecule has 1 N–H and O–H groups in total. The molecule has 2 aromatic heterocycles. The highest BCUT2D eigenvalue weighted by atomic mass is 16.2. The van der Waals surface area contributed by atoms with Crippen LogP contribution in [-0.4, -0.2) is 49.8 Å². The molecule has 0 unspecified atom stereocenters. The number of benzene rings is 2. The van der Waals surface area contributed by atoms with Gasteiger partial charge in [-0.15, -0.1) is 5.10 Å². The fourth-order valence-corrected chi connectivity index (χ4v) is 4.09. The van der Waals surface area contributed by atoms with E-state index >= 15 is 0 Å². The second kappa shape index (κ2) is 8.22. The van der Waals surface area contributed by atoms with E-state index in [4.69, 9.17) is 0 Å². The van der Waals surface area contributed by atoms with Gasteiger partial charge in [-0.1, -0.05) is 47.7 Å². The number of hydrogen-bond acceptors (Lipinski definition) is 5. The van der Waals surface area contributed by atoms with Crippen LogP contribution in [0.3, 0.4) is 0 Å². The minimum Gasteiger partial charge on any atom is -0.342 e. The fourth-order valence-electron chi connectivity index (χ4n) is 4.09. The third-order valence-corrected chi connectivity index (χ3v) is 5.83. The molecule has 32 heavy (non-hydrogen) atoms. The van der Waals surface area contributed by atoms with Gasteiger partial charge >= 0.3 is 0 Å². The molecule has 160 valence electrons. The van der Waals surface area contributed by atoms with Gasteiger partial charge in [0.2, 0.25) is 5.91 Å². The van der Waals surface area contributed by atoms with Crippen molar-refractivity contribution in [1.29, 1.82) is 0 Å². The van der Waals surface area contributed by atoms with Gasteiger partial charge in [0.25, 0.3) is 5.91 Å². The molecule has 1 aliphatic heterocycles. The van der Waals surface area contributed by atoms with Crippen molar-refractivity contribution in [3.8, 4) is 5.69 Å². The van der Waals surface area contributed by atoms with Gasteiger partial charge < -0.3 is 10.2 Å². The van der Waals surface area contributed by atoms with Crippen LogP contribution in [0.1, 0.15) is 27.3 Å². The first-order valence-corrected chi connectivity index (χ1v) is 10.5. The lowest BCUT2D eigenvalue weighted by molar-refractivity contribution is -0.131. The molecule has 5 rings (SSSR count). The van der Waals surface area contributed by atoms with Crippen LogP contribution < -0.4 is 5.32 Å². The zero-order chi connectivity index (χ0) is 22.1. The summed E-state index contributed by atoms with van der Waals surface area (Å²) in [6, 6.07) is 17.7. The lowest BCUT2D eigenvalue weighted by Gasteiger charge is -2.28. The second-order valence-corrected chi connectivity index (χ2v) is 7.80. The number of para-hydroxylation sites is 1. The summed E-state index contributed by atoms with van der Waals surface area (Å²) < 4.78 is 1.60. The molecule has 8 nitrogen and oxygen atoms in total. The van der Waals surface area contributed by atoms with Gasteiger partial charge in [0.1, 0.15) is 0 Å². The Morgan fingerprint density at radius 2 is 1.84 bits per heavy atom. The number of amides is 2. The number of hydrogen-bond donors (Lipinski definition) is 1. The van der Waals surface area contributed by atoms with Crippen molar-refractivity contribution in [3.05, 3.63) is 83.3 Å². The molecule has 2 aromatic carbocycles. The Morgan fingerprint density at radius 1 is 1.03 bits per heavy atom. The maximum absolute atomic E-state index is 12.7. The maximum Gasteiger partial charge on any atom is 0.274 e. The molecule has 0 saturated carbocycles. The number of carbonyl (C=O) groups excluding carboxylic acids is 2. The first-order valence-electron chi connectivity index (χ1n) is 10.5. The Bertz CT molecular complexity index is 1320. The summed E-state index contributed by atoms with van der Waals surface area (Å²) in [5, 5.41) is 11.9. The molecular formula is C24H22N6O2. The highest BCUT2D eigenvalue weighted by Crippen LogP contribution is 2.21. The lowest BCUT2D eigenvalue weighted by Crippen LogP contribution is -2.42.